The number of anilines is 1. The van der Waals surface area contributed by atoms with Crippen molar-refractivity contribution in [3.63, 3.8) is 0 Å². The molecule has 0 saturated carbocycles. The predicted octanol–water partition coefficient (Wildman–Crippen LogP) is 1.92. The molecule has 5 nitrogen and oxygen atoms in total. The van der Waals surface area contributed by atoms with E-state index in [0.29, 0.717) is 6.61 Å². The van der Waals surface area contributed by atoms with Gasteiger partial charge in [0.05, 0.1) is 24.7 Å². The van der Waals surface area contributed by atoms with Gasteiger partial charge in [-0.3, -0.25) is 0 Å². The lowest BCUT2D eigenvalue weighted by atomic mass is 10.5. The van der Waals surface area contributed by atoms with Crippen LogP contribution < -0.4 is 4.57 Å². The molecule has 0 aliphatic rings. The van der Waals surface area contributed by atoms with E-state index in [1.54, 1.807) is 19.3 Å². The molecule has 94 valence electrons. The van der Waals surface area contributed by atoms with Crippen LogP contribution in [0.15, 0.2) is 12.4 Å². The van der Waals surface area contributed by atoms with Crippen LogP contribution in [0.5, 0.6) is 0 Å². The Morgan fingerprint density at radius 2 is 1.88 bits per heavy atom. The molecule has 0 radical (unpaired) electrons. The van der Waals surface area contributed by atoms with Crippen LogP contribution in [0.25, 0.3) is 0 Å². The third kappa shape index (κ3) is 3.52. The van der Waals surface area contributed by atoms with Crippen molar-refractivity contribution in [2.24, 2.45) is 0 Å². The minimum absolute atomic E-state index is 0.111. The molecule has 6 heteroatoms. The van der Waals surface area contributed by atoms with Crippen molar-refractivity contribution in [1.82, 2.24) is 9.97 Å². The standard InChI is InChI=1S/C11H19N3O2Si/c1-6-16-11(15)10-12-7-9(8-13-10)14(2)17(3,4)5/h7-8H,6H2,1-5H3. The lowest BCUT2D eigenvalue weighted by Gasteiger charge is -2.31. The van der Waals surface area contributed by atoms with Gasteiger partial charge in [-0.15, -0.1) is 0 Å². The number of rotatable bonds is 4. The molecule has 1 rings (SSSR count). The maximum atomic E-state index is 11.4. The Labute approximate surface area is 103 Å². The van der Waals surface area contributed by atoms with E-state index < -0.39 is 14.2 Å². The summed E-state index contributed by atoms with van der Waals surface area (Å²) < 4.78 is 7.01. The zero-order valence-electron chi connectivity index (χ0n) is 11.0. The quantitative estimate of drug-likeness (QED) is 0.606. The fourth-order valence-electron chi connectivity index (χ4n) is 1.18. The Bertz CT molecular complexity index is 387. The van der Waals surface area contributed by atoms with Gasteiger partial charge in [-0.2, -0.15) is 0 Å². The Hall–Kier alpha value is -1.43. The summed E-state index contributed by atoms with van der Waals surface area (Å²) in [5, 5.41) is 0. The summed E-state index contributed by atoms with van der Waals surface area (Å²) in [5.74, 6) is -0.366. The molecule has 1 heterocycles. The van der Waals surface area contributed by atoms with Crippen LogP contribution in [0.1, 0.15) is 17.5 Å². The molecular weight excluding hydrogens is 234 g/mol. The Kier molecular flexibility index (Phi) is 4.22. The normalized spacial score (nSPS) is 11.1. The predicted molar refractivity (Wildman–Crippen MR) is 69.7 cm³/mol. The molecule has 0 unspecified atom stereocenters. The van der Waals surface area contributed by atoms with Crippen LogP contribution in [0.2, 0.25) is 19.6 Å². The third-order valence-corrected chi connectivity index (χ3v) is 4.76. The number of carbonyl (C=O) groups is 1. The monoisotopic (exact) mass is 253 g/mol. The average molecular weight is 253 g/mol. The topological polar surface area (TPSA) is 55.3 Å². The molecule has 0 amide bonds. The molecule has 0 atom stereocenters. The van der Waals surface area contributed by atoms with Crippen LogP contribution in [-0.2, 0) is 4.74 Å². The highest BCUT2D eigenvalue weighted by atomic mass is 28.3. The van der Waals surface area contributed by atoms with Gasteiger partial charge >= 0.3 is 5.97 Å². The molecule has 0 aromatic carbocycles. The molecule has 0 N–H and O–H groups in total. The van der Waals surface area contributed by atoms with E-state index in [9.17, 15) is 4.79 Å². The average Bonchev–Trinajstić information content (AvgIpc) is 2.27. The Balaban J connectivity index is 2.85. The van der Waals surface area contributed by atoms with Crippen molar-refractivity contribution >= 4 is 19.9 Å². The first kappa shape index (κ1) is 13.6. The van der Waals surface area contributed by atoms with Crippen molar-refractivity contribution in [3.05, 3.63) is 18.2 Å². The first-order valence-electron chi connectivity index (χ1n) is 5.59. The van der Waals surface area contributed by atoms with Crippen LogP contribution in [0, 0.1) is 0 Å². The maximum Gasteiger partial charge on any atom is 0.376 e. The number of nitrogens with zero attached hydrogens (tertiary/aromatic N) is 3. The number of carbonyl (C=O) groups excluding carboxylic acids is 1. The lowest BCUT2D eigenvalue weighted by molar-refractivity contribution is 0.0512. The highest BCUT2D eigenvalue weighted by molar-refractivity contribution is 6.79. The zero-order chi connectivity index (χ0) is 13.1. The van der Waals surface area contributed by atoms with Gasteiger partial charge in [-0.05, 0) is 14.0 Å². The van der Waals surface area contributed by atoms with Crippen molar-refractivity contribution in [1.29, 1.82) is 0 Å². The fourth-order valence-corrected chi connectivity index (χ4v) is 2.07. The zero-order valence-corrected chi connectivity index (χ0v) is 12.0. The number of aromatic nitrogens is 2. The molecule has 1 aromatic rings. The van der Waals surface area contributed by atoms with E-state index in [1.165, 1.54) is 0 Å². The van der Waals surface area contributed by atoms with E-state index in [2.05, 4.69) is 34.2 Å². The van der Waals surface area contributed by atoms with Gasteiger partial charge in [0, 0.05) is 0 Å². The van der Waals surface area contributed by atoms with Gasteiger partial charge < -0.3 is 9.30 Å². The summed E-state index contributed by atoms with van der Waals surface area (Å²) in [6, 6.07) is 0. The van der Waals surface area contributed by atoms with E-state index >= 15 is 0 Å². The SMILES string of the molecule is CCOC(=O)c1ncc(N(C)[Si](C)(C)C)cn1. The Morgan fingerprint density at radius 3 is 2.29 bits per heavy atom. The molecule has 0 bridgehead atoms. The van der Waals surface area contributed by atoms with Crippen LogP contribution in [0.4, 0.5) is 5.69 Å². The third-order valence-electron chi connectivity index (χ3n) is 2.49. The summed E-state index contributed by atoms with van der Waals surface area (Å²) >= 11 is 0. The second kappa shape index (κ2) is 5.26. The summed E-state index contributed by atoms with van der Waals surface area (Å²) in [6.07, 6.45) is 3.33. The molecule has 1 aromatic heterocycles. The van der Waals surface area contributed by atoms with Gasteiger partial charge in [-0.25, -0.2) is 14.8 Å². The molecule has 0 spiro atoms. The smallest absolute Gasteiger partial charge is 0.376 e. The van der Waals surface area contributed by atoms with Crippen LogP contribution >= 0.6 is 0 Å². The first-order valence-corrected chi connectivity index (χ1v) is 9.04. The summed E-state index contributed by atoms with van der Waals surface area (Å²) in [5.41, 5.74) is 0.928. The summed E-state index contributed by atoms with van der Waals surface area (Å²) in [4.78, 5) is 19.4. The largest absolute Gasteiger partial charge is 0.460 e. The molecule has 0 aliphatic carbocycles. The van der Waals surface area contributed by atoms with Crippen molar-refractivity contribution in [3.8, 4) is 0 Å². The summed E-state index contributed by atoms with van der Waals surface area (Å²) in [7, 11) is 0.599. The van der Waals surface area contributed by atoms with E-state index in [1.807, 2.05) is 7.05 Å². The lowest BCUT2D eigenvalue weighted by Crippen LogP contribution is -2.43. The summed E-state index contributed by atoms with van der Waals surface area (Å²) in [6.45, 7) is 8.77. The van der Waals surface area contributed by atoms with Gasteiger partial charge in [0.25, 0.3) is 0 Å². The van der Waals surface area contributed by atoms with Crippen molar-refractivity contribution in [2.45, 2.75) is 26.6 Å². The molecule has 0 saturated heterocycles. The van der Waals surface area contributed by atoms with E-state index in [-0.39, 0.29) is 5.82 Å². The highest BCUT2D eigenvalue weighted by Crippen LogP contribution is 2.17. The van der Waals surface area contributed by atoms with E-state index in [4.69, 9.17) is 4.74 Å². The first-order chi connectivity index (χ1) is 7.86. The maximum absolute atomic E-state index is 11.4. The fraction of sp³-hybridized carbons (Fsp3) is 0.545. The second-order valence-electron chi connectivity index (χ2n) is 4.72. The van der Waals surface area contributed by atoms with Crippen molar-refractivity contribution in [2.75, 3.05) is 18.2 Å². The van der Waals surface area contributed by atoms with Gasteiger partial charge in [0.2, 0.25) is 5.82 Å². The Morgan fingerprint density at radius 1 is 1.35 bits per heavy atom. The number of ether oxygens (including phenoxy) is 1. The van der Waals surface area contributed by atoms with Crippen LogP contribution in [0.3, 0.4) is 0 Å². The molecule has 0 fully saturated rings. The van der Waals surface area contributed by atoms with E-state index in [0.717, 1.165) is 5.69 Å². The minimum atomic E-state index is -1.42. The molecular formula is C11H19N3O2Si. The van der Waals surface area contributed by atoms with Gasteiger partial charge in [0.15, 0.2) is 0 Å². The number of hydrogen-bond acceptors (Lipinski definition) is 5. The molecule has 17 heavy (non-hydrogen) atoms. The highest BCUT2D eigenvalue weighted by Gasteiger charge is 2.21. The van der Waals surface area contributed by atoms with Crippen LogP contribution in [-0.4, -0.2) is 37.8 Å². The second-order valence-corrected chi connectivity index (χ2v) is 9.73. The van der Waals surface area contributed by atoms with Crippen molar-refractivity contribution < 1.29 is 9.53 Å². The van der Waals surface area contributed by atoms with Gasteiger partial charge in [0.1, 0.15) is 8.24 Å². The van der Waals surface area contributed by atoms with Gasteiger partial charge in [-0.1, -0.05) is 19.6 Å². The number of esters is 1. The number of hydrogen-bond donors (Lipinski definition) is 0. The molecule has 0 aliphatic heterocycles. The minimum Gasteiger partial charge on any atom is -0.460 e.